The van der Waals surface area contributed by atoms with E-state index in [9.17, 15) is 0 Å². The van der Waals surface area contributed by atoms with E-state index in [0.717, 1.165) is 7.28 Å². The van der Waals surface area contributed by atoms with Crippen molar-refractivity contribution in [2.75, 3.05) is 18.5 Å². The third kappa shape index (κ3) is 1.11. The lowest BCUT2D eigenvalue weighted by molar-refractivity contribution is 0.956. The molecule has 1 aromatic carbocycles. The van der Waals surface area contributed by atoms with Crippen molar-refractivity contribution in [2.45, 2.75) is 13.2 Å². The van der Waals surface area contributed by atoms with Crippen LogP contribution in [-0.4, -0.2) is 20.9 Å². The predicted octanol–water partition coefficient (Wildman–Crippen LogP) is 0.789. The summed E-state index contributed by atoms with van der Waals surface area (Å²) >= 11 is 0. The normalized spacial score (nSPS) is 14.7. The number of nitrogens with zero attached hydrogens (tertiary/aromatic N) is 1. The maximum absolute atomic E-state index is 2.35. The average molecular weight is 159 g/mol. The molecule has 0 fully saturated rings. The SMILES string of the molecule is CBc1ccc2c(c1)CCN2C. The van der Waals surface area contributed by atoms with E-state index < -0.39 is 0 Å². The van der Waals surface area contributed by atoms with Gasteiger partial charge >= 0.3 is 0 Å². The van der Waals surface area contributed by atoms with Crippen LogP contribution in [0.5, 0.6) is 0 Å². The molecule has 1 aliphatic heterocycles. The van der Waals surface area contributed by atoms with Gasteiger partial charge in [-0.25, -0.2) is 0 Å². The molecule has 1 heterocycles. The van der Waals surface area contributed by atoms with Crippen molar-refractivity contribution in [3.05, 3.63) is 23.8 Å². The first-order valence-electron chi connectivity index (χ1n) is 4.64. The molecule has 0 saturated carbocycles. The fourth-order valence-electron chi connectivity index (χ4n) is 1.84. The lowest BCUT2D eigenvalue weighted by Gasteiger charge is -2.11. The molecule has 2 rings (SSSR count). The molecule has 2 heteroatoms. The summed E-state index contributed by atoms with van der Waals surface area (Å²) in [6.45, 7) is 3.39. The van der Waals surface area contributed by atoms with E-state index in [-0.39, 0.29) is 0 Å². The topological polar surface area (TPSA) is 3.24 Å². The maximum atomic E-state index is 2.35. The minimum atomic E-state index is 1.15. The van der Waals surface area contributed by atoms with Crippen LogP contribution in [0.1, 0.15) is 5.56 Å². The van der Waals surface area contributed by atoms with Crippen molar-refractivity contribution in [3.8, 4) is 0 Å². The van der Waals surface area contributed by atoms with Crippen molar-refractivity contribution in [1.29, 1.82) is 0 Å². The molecule has 0 radical (unpaired) electrons. The fraction of sp³-hybridized carbons (Fsp3) is 0.400. The molecule has 12 heavy (non-hydrogen) atoms. The smallest absolute Gasteiger partial charge is 0.154 e. The Morgan fingerprint density at radius 1 is 1.42 bits per heavy atom. The number of likely N-dealkylation sites (N-methyl/N-ethyl adjacent to an activating group) is 1. The quantitative estimate of drug-likeness (QED) is 0.547. The maximum Gasteiger partial charge on any atom is 0.154 e. The molecule has 0 aliphatic carbocycles. The molecule has 0 spiro atoms. The second-order valence-corrected chi connectivity index (χ2v) is 3.49. The third-order valence-electron chi connectivity index (χ3n) is 2.68. The van der Waals surface area contributed by atoms with E-state index in [1.165, 1.54) is 29.7 Å². The number of hydrogen-bond acceptors (Lipinski definition) is 1. The molecule has 1 nitrogen and oxygen atoms in total. The Bertz CT molecular complexity index is 296. The lowest BCUT2D eigenvalue weighted by Crippen LogP contribution is -2.13. The van der Waals surface area contributed by atoms with E-state index in [1.54, 1.807) is 0 Å². The van der Waals surface area contributed by atoms with Crippen LogP contribution in [-0.2, 0) is 6.42 Å². The average Bonchev–Trinajstić information content (AvgIpc) is 2.47. The summed E-state index contributed by atoms with van der Waals surface area (Å²) in [4.78, 5) is 2.33. The largest absolute Gasteiger partial charge is 0.374 e. The molecule has 0 N–H and O–H groups in total. The number of rotatable bonds is 1. The van der Waals surface area contributed by atoms with Crippen LogP contribution in [0.4, 0.5) is 5.69 Å². The van der Waals surface area contributed by atoms with Crippen LogP contribution in [0.15, 0.2) is 18.2 Å². The van der Waals surface area contributed by atoms with Crippen LogP contribution in [0.2, 0.25) is 6.82 Å². The molecule has 62 valence electrons. The van der Waals surface area contributed by atoms with Crippen molar-refractivity contribution >= 4 is 18.4 Å². The Morgan fingerprint density at radius 3 is 3.00 bits per heavy atom. The Hall–Kier alpha value is -0.915. The molecule has 0 atom stereocenters. The van der Waals surface area contributed by atoms with Crippen LogP contribution in [0, 0.1) is 0 Å². The fourth-order valence-corrected chi connectivity index (χ4v) is 1.84. The van der Waals surface area contributed by atoms with Gasteiger partial charge in [-0.15, -0.1) is 0 Å². The zero-order chi connectivity index (χ0) is 8.55. The van der Waals surface area contributed by atoms with E-state index in [1.807, 2.05) is 0 Å². The van der Waals surface area contributed by atoms with Crippen molar-refractivity contribution in [2.24, 2.45) is 0 Å². The number of anilines is 1. The zero-order valence-electron chi connectivity index (χ0n) is 7.80. The second-order valence-electron chi connectivity index (χ2n) is 3.49. The Labute approximate surface area is 74.6 Å². The first kappa shape index (κ1) is 7.72. The van der Waals surface area contributed by atoms with Gasteiger partial charge in [-0.1, -0.05) is 24.4 Å². The minimum Gasteiger partial charge on any atom is -0.374 e. The number of benzene rings is 1. The van der Waals surface area contributed by atoms with Gasteiger partial charge in [0.05, 0.1) is 0 Å². The standard InChI is InChI=1S/C10H14BN/c1-11-9-3-4-10-8(7-9)5-6-12(10)2/h3-4,7,11H,5-6H2,1-2H3. The van der Waals surface area contributed by atoms with Crippen molar-refractivity contribution in [1.82, 2.24) is 0 Å². The van der Waals surface area contributed by atoms with Crippen molar-refractivity contribution < 1.29 is 0 Å². The predicted molar refractivity (Wildman–Crippen MR) is 56.1 cm³/mol. The van der Waals surface area contributed by atoms with E-state index in [2.05, 4.69) is 37.0 Å². The highest BCUT2D eigenvalue weighted by molar-refractivity contribution is 6.51. The molecule has 1 aliphatic rings. The molecule has 0 bridgehead atoms. The molecule has 0 aromatic heterocycles. The van der Waals surface area contributed by atoms with Crippen LogP contribution in [0.3, 0.4) is 0 Å². The molecule has 0 saturated heterocycles. The van der Waals surface area contributed by atoms with Gasteiger partial charge < -0.3 is 4.90 Å². The summed E-state index contributed by atoms with van der Waals surface area (Å²) in [6.07, 6.45) is 1.22. The summed E-state index contributed by atoms with van der Waals surface area (Å²) in [6, 6.07) is 6.83. The Balaban J connectivity index is 2.41. The van der Waals surface area contributed by atoms with Gasteiger partial charge in [0.15, 0.2) is 7.28 Å². The monoisotopic (exact) mass is 159 g/mol. The van der Waals surface area contributed by atoms with Gasteiger partial charge in [-0.3, -0.25) is 0 Å². The van der Waals surface area contributed by atoms with E-state index in [4.69, 9.17) is 0 Å². The highest BCUT2D eigenvalue weighted by atomic mass is 15.1. The number of fused-ring (bicyclic) bond motifs is 1. The molecule has 0 amide bonds. The molecular weight excluding hydrogens is 145 g/mol. The van der Waals surface area contributed by atoms with Gasteiger partial charge in [0.25, 0.3) is 0 Å². The summed E-state index contributed by atoms with van der Waals surface area (Å²) in [5.41, 5.74) is 4.41. The Kier molecular flexibility index (Phi) is 1.83. The zero-order valence-corrected chi connectivity index (χ0v) is 7.80. The summed E-state index contributed by atoms with van der Waals surface area (Å²) < 4.78 is 0. The van der Waals surface area contributed by atoms with Crippen molar-refractivity contribution in [3.63, 3.8) is 0 Å². The van der Waals surface area contributed by atoms with Crippen LogP contribution >= 0.6 is 0 Å². The highest BCUT2D eigenvalue weighted by Gasteiger charge is 2.14. The first-order valence-corrected chi connectivity index (χ1v) is 4.64. The summed E-state index contributed by atoms with van der Waals surface area (Å²) in [5.74, 6) is 0. The van der Waals surface area contributed by atoms with Crippen LogP contribution < -0.4 is 10.4 Å². The van der Waals surface area contributed by atoms with E-state index >= 15 is 0 Å². The summed E-state index contributed by atoms with van der Waals surface area (Å²) in [5, 5.41) is 0. The molecular formula is C10H14BN. The minimum absolute atomic E-state index is 1.15. The molecule has 1 aromatic rings. The van der Waals surface area contributed by atoms with Gasteiger partial charge in [-0.05, 0) is 18.1 Å². The summed E-state index contributed by atoms with van der Waals surface area (Å²) in [7, 11) is 3.31. The van der Waals surface area contributed by atoms with Gasteiger partial charge in [0, 0.05) is 19.3 Å². The Morgan fingerprint density at radius 2 is 2.25 bits per heavy atom. The first-order chi connectivity index (χ1) is 5.81. The van der Waals surface area contributed by atoms with Gasteiger partial charge in [-0.2, -0.15) is 0 Å². The van der Waals surface area contributed by atoms with Gasteiger partial charge in [0.1, 0.15) is 0 Å². The lowest BCUT2D eigenvalue weighted by atomic mass is 9.73. The van der Waals surface area contributed by atoms with Crippen LogP contribution in [0.25, 0.3) is 0 Å². The molecule has 0 unspecified atom stereocenters. The highest BCUT2D eigenvalue weighted by Crippen LogP contribution is 2.24. The second kappa shape index (κ2) is 2.85. The van der Waals surface area contributed by atoms with Gasteiger partial charge in [0.2, 0.25) is 0 Å². The third-order valence-corrected chi connectivity index (χ3v) is 2.68. The number of hydrogen-bond donors (Lipinski definition) is 0. The van der Waals surface area contributed by atoms with E-state index in [0.29, 0.717) is 0 Å².